The second-order valence-electron chi connectivity index (χ2n) is 3.59. The lowest BCUT2D eigenvalue weighted by Crippen LogP contribution is -2.08. The molecule has 6 heteroatoms. The highest BCUT2D eigenvalue weighted by Gasteiger charge is 1.96. The number of rotatable bonds is 2. The minimum absolute atomic E-state index is 0.693. The van der Waals surface area contributed by atoms with Crippen LogP contribution in [0.1, 0.15) is 0 Å². The summed E-state index contributed by atoms with van der Waals surface area (Å²) in [5, 5.41) is 1.28. The Kier molecular flexibility index (Phi) is 4.68. The molecule has 0 radical (unpaired) electrons. The fourth-order valence-electron chi connectivity index (χ4n) is 1.47. The first kappa shape index (κ1) is 13.7. The quantitative estimate of drug-likeness (QED) is 0.788. The second-order valence-corrected chi connectivity index (χ2v) is 5.06. The maximum absolute atomic E-state index is 9.19. The van der Waals surface area contributed by atoms with Crippen molar-refractivity contribution in [3.63, 3.8) is 0 Å². The van der Waals surface area contributed by atoms with Gasteiger partial charge in [0.1, 0.15) is 0 Å². The Morgan fingerprint density at radius 1 is 1.29 bits per heavy atom. The van der Waals surface area contributed by atoms with Crippen molar-refractivity contribution >= 4 is 21.0 Å². The first-order valence-electron chi connectivity index (χ1n) is 5.08. The van der Waals surface area contributed by atoms with Crippen molar-refractivity contribution in [2.24, 2.45) is 5.73 Å². The van der Waals surface area contributed by atoms with Gasteiger partial charge in [-0.15, -0.1) is 0 Å². The monoisotopic (exact) mass is 256 g/mol. The lowest BCUT2D eigenvalue weighted by atomic mass is 10.2. The minimum atomic E-state index is -3.67. The van der Waals surface area contributed by atoms with Crippen molar-refractivity contribution < 1.29 is 13.0 Å². The molecular weight excluding hydrogens is 240 g/mol. The fourth-order valence-corrected chi connectivity index (χ4v) is 1.47. The van der Waals surface area contributed by atoms with Crippen molar-refractivity contribution in [3.05, 3.63) is 36.5 Å². The van der Waals surface area contributed by atoms with E-state index in [4.69, 9.17) is 10.3 Å². The number of hydrogen-bond acceptors (Lipinski definition) is 3. The van der Waals surface area contributed by atoms with Crippen LogP contribution in [-0.2, 0) is 16.7 Å². The lowest BCUT2D eigenvalue weighted by molar-refractivity contribution is 0.490. The molecule has 94 valence electrons. The Hall–Kier alpha value is -1.37. The van der Waals surface area contributed by atoms with Gasteiger partial charge in [0.05, 0.1) is 6.26 Å². The van der Waals surface area contributed by atoms with Gasteiger partial charge in [-0.25, -0.2) is 0 Å². The van der Waals surface area contributed by atoms with Gasteiger partial charge in [0, 0.05) is 24.8 Å². The Bertz CT molecular complexity index is 567. The van der Waals surface area contributed by atoms with Crippen LogP contribution in [0.4, 0.5) is 0 Å². The summed E-state index contributed by atoms with van der Waals surface area (Å²) >= 11 is 0. The molecule has 5 nitrogen and oxygen atoms in total. The zero-order valence-electron chi connectivity index (χ0n) is 9.57. The number of aromatic nitrogens is 1. The van der Waals surface area contributed by atoms with Crippen molar-refractivity contribution in [1.82, 2.24) is 4.57 Å². The molecule has 17 heavy (non-hydrogen) atoms. The summed E-state index contributed by atoms with van der Waals surface area (Å²) in [4.78, 5) is 0. The highest BCUT2D eigenvalue weighted by atomic mass is 32.2. The average Bonchev–Trinajstić information content (AvgIpc) is 2.60. The van der Waals surface area contributed by atoms with Crippen molar-refractivity contribution in [1.29, 1.82) is 0 Å². The van der Waals surface area contributed by atoms with E-state index in [9.17, 15) is 8.42 Å². The summed E-state index contributed by atoms with van der Waals surface area (Å²) in [6.07, 6.45) is 2.80. The van der Waals surface area contributed by atoms with E-state index in [1.807, 2.05) is 0 Å². The molecule has 2 rings (SSSR count). The predicted octanol–water partition coefficient (Wildman–Crippen LogP) is 1.10. The third-order valence-electron chi connectivity index (χ3n) is 2.05. The number of benzene rings is 1. The molecule has 0 atom stereocenters. The molecule has 0 amide bonds. The van der Waals surface area contributed by atoms with Crippen molar-refractivity contribution in [2.75, 3.05) is 12.8 Å². The molecule has 0 fully saturated rings. The maximum atomic E-state index is 9.19. The van der Waals surface area contributed by atoms with E-state index in [-0.39, 0.29) is 0 Å². The third kappa shape index (κ3) is 4.99. The topological polar surface area (TPSA) is 85.3 Å². The molecule has 0 spiro atoms. The average molecular weight is 256 g/mol. The second kappa shape index (κ2) is 5.81. The van der Waals surface area contributed by atoms with Crippen LogP contribution >= 0.6 is 0 Å². The zero-order valence-corrected chi connectivity index (χ0v) is 10.4. The van der Waals surface area contributed by atoms with Crippen LogP contribution in [0.15, 0.2) is 36.5 Å². The maximum Gasteiger partial charge on any atom is 0.261 e. The number of para-hydroxylation sites is 1. The molecular formula is C11H16N2O3S. The van der Waals surface area contributed by atoms with Crippen LogP contribution in [0.2, 0.25) is 0 Å². The number of nitrogens with two attached hydrogens (primary N) is 1. The lowest BCUT2D eigenvalue weighted by Gasteiger charge is -2.01. The molecule has 0 saturated carbocycles. The van der Waals surface area contributed by atoms with Crippen molar-refractivity contribution in [3.8, 4) is 0 Å². The summed E-state index contributed by atoms with van der Waals surface area (Å²) in [6, 6.07) is 10.4. The van der Waals surface area contributed by atoms with Crippen LogP contribution in [0.3, 0.4) is 0 Å². The zero-order chi connectivity index (χ0) is 12.9. The molecule has 0 unspecified atom stereocenters. The fraction of sp³-hybridized carbons (Fsp3) is 0.273. The summed E-state index contributed by atoms with van der Waals surface area (Å²) in [5.41, 5.74) is 6.76. The van der Waals surface area contributed by atoms with E-state index < -0.39 is 10.1 Å². The molecule has 3 N–H and O–H groups in total. The predicted molar refractivity (Wildman–Crippen MR) is 68.5 cm³/mol. The van der Waals surface area contributed by atoms with Crippen LogP contribution in [0.5, 0.6) is 0 Å². The Labute approximate surface area is 101 Å². The van der Waals surface area contributed by atoms with Gasteiger partial charge in [0.15, 0.2) is 0 Å². The largest absolute Gasteiger partial charge is 0.346 e. The van der Waals surface area contributed by atoms with E-state index in [0.29, 0.717) is 12.8 Å². The van der Waals surface area contributed by atoms with E-state index in [0.717, 1.165) is 6.54 Å². The molecule has 0 aliphatic heterocycles. The van der Waals surface area contributed by atoms with Gasteiger partial charge in [-0.2, -0.15) is 8.42 Å². The van der Waals surface area contributed by atoms with Gasteiger partial charge in [-0.1, -0.05) is 18.2 Å². The SMILES string of the molecule is CS(=O)(=O)O.NCCn1ccc2ccccc21. The van der Waals surface area contributed by atoms with E-state index in [1.54, 1.807) is 0 Å². The molecule has 2 aromatic rings. The van der Waals surface area contributed by atoms with Crippen molar-refractivity contribution in [2.45, 2.75) is 6.54 Å². The van der Waals surface area contributed by atoms with Gasteiger partial charge in [0.25, 0.3) is 10.1 Å². The van der Waals surface area contributed by atoms with Crippen LogP contribution < -0.4 is 5.73 Å². The number of fused-ring (bicyclic) bond motifs is 1. The van der Waals surface area contributed by atoms with Gasteiger partial charge in [0.2, 0.25) is 0 Å². The normalized spacial score (nSPS) is 11.0. The summed E-state index contributed by atoms with van der Waals surface area (Å²) in [7, 11) is -3.67. The van der Waals surface area contributed by atoms with Gasteiger partial charge in [-0.05, 0) is 17.5 Å². The number of hydrogen-bond donors (Lipinski definition) is 2. The van der Waals surface area contributed by atoms with Gasteiger partial charge >= 0.3 is 0 Å². The summed E-state index contributed by atoms with van der Waals surface area (Å²) in [6.45, 7) is 1.59. The molecule has 1 heterocycles. The van der Waals surface area contributed by atoms with Gasteiger partial charge < -0.3 is 10.3 Å². The molecule has 1 aromatic heterocycles. The first-order valence-corrected chi connectivity index (χ1v) is 6.93. The summed E-state index contributed by atoms with van der Waals surface area (Å²) in [5.74, 6) is 0. The van der Waals surface area contributed by atoms with Crippen LogP contribution in [0, 0.1) is 0 Å². The summed E-state index contributed by atoms with van der Waals surface area (Å²) < 4.78 is 28.0. The Balaban J connectivity index is 0.000000249. The van der Waals surface area contributed by atoms with E-state index in [2.05, 4.69) is 41.1 Å². The molecule has 0 bridgehead atoms. The van der Waals surface area contributed by atoms with Crippen LogP contribution in [0.25, 0.3) is 10.9 Å². The molecule has 1 aromatic carbocycles. The minimum Gasteiger partial charge on any atom is -0.346 e. The van der Waals surface area contributed by atoms with E-state index >= 15 is 0 Å². The highest BCUT2D eigenvalue weighted by Crippen LogP contribution is 2.14. The van der Waals surface area contributed by atoms with Gasteiger partial charge in [-0.3, -0.25) is 4.55 Å². The molecule has 0 aliphatic carbocycles. The van der Waals surface area contributed by atoms with Crippen LogP contribution in [-0.4, -0.2) is 30.3 Å². The smallest absolute Gasteiger partial charge is 0.261 e. The Morgan fingerprint density at radius 3 is 2.47 bits per heavy atom. The first-order chi connectivity index (χ1) is 7.92. The molecule has 0 saturated heterocycles. The number of nitrogens with zero attached hydrogens (tertiary/aromatic N) is 1. The standard InChI is InChI=1S/C10H12N2.CH4O3S/c11-6-8-12-7-5-9-3-1-2-4-10(9)12;1-5(2,3)4/h1-5,7H,6,8,11H2;1H3,(H,2,3,4). The van der Waals surface area contributed by atoms with E-state index in [1.165, 1.54) is 10.9 Å². The highest BCUT2D eigenvalue weighted by molar-refractivity contribution is 7.85. The Morgan fingerprint density at radius 2 is 1.88 bits per heavy atom. The molecule has 0 aliphatic rings. The third-order valence-corrected chi connectivity index (χ3v) is 2.05.